The third kappa shape index (κ3) is 3.75. The van der Waals surface area contributed by atoms with Crippen molar-refractivity contribution in [2.24, 2.45) is 0 Å². The van der Waals surface area contributed by atoms with Crippen molar-refractivity contribution in [3.05, 3.63) is 57.2 Å². The van der Waals surface area contributed by atoms with Gasteiger partial charge in [0, 0.05) is 17.7 Å². The Morgan fingerprint density at radius 3 is 2.17 bits per heavy atom. The number of halogens is 1. The fourth-order valence-electron chi connectivity index (χ4n) is 3.42. The van der Waals surface area contributed by atoms with Gasteiger partial charge < -0.3 is 24.3 Å². The lowest BCUT2D eigenvalue weighted by Gasteiger charge is -2.21. The average Bonchev–Trinajstić information content (AvgIpc) is 2.78. The molecule has 0 amide bonds. The van der Waals surface area contributed by atoms with Crippen LogP contribution in [-0.4, -0.2) is 46.6 Å². The van der Waals surface area contributed by atoms with Crippen LogP contribution in [0.25, 0.3) is 0 Å². The molecule has 0 unspecified atom stereocenters. The van der Waals surface area contributed by atoms with Crippen LogP contribution in [0.2, 0.25) is 0 Å². The van der Waals surface area contributed by atoms with Gasteiger partial charge in [0.1, 0.15) is 11.4 Å². The number of nitrogens with one attached hydrogen (secondary N) is 1. The molecule has 2 aromatic rings. The highest BCUT2D eigenvalue weighted by molar-refractivity contribution is 9.12. The highest BCUT2D eigenvalue weighted by atomic mass is 79.9. The van der Waals surface area contributed by atoms with Gasteiger partial charge in [-0.1, -0.05) is 12.1 Å². The summed E-state index contributed by atoms with van der Waals surface area (Å²) in [6.45, 7) is 0.397. The Balaban J connectivity index is 1.83. The number of Topliss-reactive ketones (excluding diaryl/α,β-unsaturated/α-hetero) is 2. The summed E-state index contributed by atoms with van der Waals surface area (Å²) in [5.74, 6) is 1.44. The SMILES string of the molecule is COc1ccc(CCNC2=C(Br)C(=O)c3c(OC)cccc3C2=O)c(OC)c1OC. The highest BCUT2D eigenvalue weighted by Crippen LogP contribution is 2.40. The van der Waals surface area contributed by atoms with Crippen LogP contribution < -0.4 is 24.3 Å². The third-order valence-electron chi connectivity index (χ3n) is 4.85. The van der Waals surface area contributed by atoms with Crippen LogP contribution in [0, 0.1) is 0 Å². The van der Waals surface area contributed by atoms with E-state index in [0.717, 1.165) is 5.56 Å². The van der Waals surface area contributed by atoms with Gasteiger partial charge in [0.15, 0.2) is 11.5 Å². The molecule has 3 rings (SSSR count). The smallest absolute Gasteiger partial charge is 0.211 e. The lowest BCUT2D eigenvalue weighted by atomic mass is 9.91. The molecule has 1 aliphatic carbocycles. The van der Waals surface area contributed by atoms with E-state index in [0.29, 0.717) is 41.5 Å². The monoisotopic (exact) mass is 475 g/mol. The Morgan fingerprint density at radius 1 is 0.833 bits per heavy atom. The predicted molar refractivity (Wildman–Crippen MR) is 115 cm³/mol. The van der Waals surface area contributed by atoms with Gasteiger partial charge in [-0.3, -0.25) is 9.59 Å². The van der Waals surface area contributed by atoms with E-state index in [1.807, 2.05) is 6.07 Å². The molecule has 1 aliphatic rings. The van der Waals surface area contributed by atoms with Crippen molar-refractivity contribution in [3.8, 4) is 23.0 Å². The predicted octanol–water partition coefficient (Wildman–Crippen LogP) is 3.54. The molecule has 0 radical (unpaired) electrons. The number of fused-ring (bicyclic) bond motifs is 1. The van der Waals surface area contributed by atoms with Crippen molar-refractivity contribution in [2.75, 3.05) is 35.0 Å². The molecule has 8 heteroatoms. The standard InChI is InChI=1S/C22H22BrNO6/c1-27-14-7-5-6-13-16(14)20(26)17(23)18(19(13)25)24-11-10-12-8-9-15(28-2)22(30-4)21(12)29-3/h5-9,24H,10-11H2,1-4H3. The highest BCUT2D eigenvalue weighted by Gasteiger charge is 2.33. The quantitative estimate of drug-likeness (QED) is 0.624. The van der Waals surface area contributed by atoms with E-state index in [-0.39, 0.29) is 27.3 Å². The van der Waals surface area contributed by atoms with Gasteiger partial charge >= 0.3 is 0 Å². The topological polar surface area (TPSA) is 83.1 Å². The molecule has 0 saturated carbocycles. The number of carbonyl (C=O) groups is 2. The van der Waals surface area contributed by atoms with Gasteiger partial charge in [-0.15, -0.1) is 0 Å². The molecular formula is C22H22BrNO6. The molecular weight excluding hydrogens is 454 g/mol. The van der Waals surface area contributed by atoms with Crippen molar-refractivity contribution in [3.63, 3.8) is 0 Å². The molecule has 0 atom stereocenters. The molecule has 0 heterocycles. The zero-order chi connectivity index (χ0) is 21.8. The van der Waals surface area contributed by atoms with Gasteiger partial charge in [0.25, 0.3) is 0 Å². The van der Waals surface area contributed by atoms with Crippen molar-refractivity contribution >= 4 is 27.5 Å². The second-order valence-electron chi connectivity index (χ2n) is 6.40. The molecule has 1 N–H and O–H groups in total. The van der Waals surface area contributed by atoms with Crippen molar-refractivity contribution < 1.29 is 28.5 Å². The lowest BCUT2D eigenvalue weighted by Crippen LogP contribution is -2.30. The summed E-state index contributed by atoms with van der Waals surface area (Å²) in [6, 6.07) is 8.64. The van der Waals surface area contributed by atoms with Crippen LogP contribution in [0.5, 0.6) is 23.0 Å². The number of rotatable bonds is 8. The number of benzene rings is 2. The van der Waals surface area contributed by atoms with E-state index >= 15 is 0 Å². The molecule has 0 fully saturated rings. The second-order valence-corrected chi connectivity index (χ2v) is 7.19. The fraction of sp³-hybridized carbons (Fsp3) is 0.273. The Morgan fingerprint density at radius 2 is 1.53 bits per heavy atom. The Bertz CT molecular complexity index is 1030. The fourth-order valence-corrected chi connectivity index (χ4v) is 3.94. The Hall–Kier alpha value is -3.00. The number of methoxy groups -OCH3 is 4. The van der Waals surface area contributed by atoms with E-state index in [9.17, 15) is 9.59 Å². The van der Waals surface area contributed by atoms with Gasteiger partial charge in [-0.05, 0) is 40.5 Å². The molecule has 7 nitrogen and oxygen atoms in total. The zero-order valence-electron chi connectivity index (χ0n) is 17.1. The number of hydrogen-bond acceptors (Lipinski definition) is 7. The van der Waals surface area contributed by atoms with Gasteiger partial charge in [-0.25, -0.2) is 0 Å². The van der Waals surface area contributed by atoms with Crippen LogP contribution in [0.3, 0.4) is 0 Å². The first kappa shape index (κ1) is 21.7. The molecule has 0 spiro atoms. The second kappa shape index (κ2) is 9.21. The van der Waals surface area contributed by atoms with Crippen LogP contribution in [0.4, 0.5) is 0 Å². The molecule has 158 valence electrons. The molecule has 0 aromatic heterocycles. The maximum Gasteiger partial charge on any atom is 0.211 e. The van der Waals surface area contributed by atoms with Crippen molar-refractivity contribution in [1.82, 2.24) is 5.32 Å². The summed E-state index contributed by atoms with van der Waals surface area (Å²) in [5, 5.41) is 3.09. The molecule has 0 bridgehead atoms. The van der Waals surface area contributed by atoms with E-state index in [1.54, 1.807) is 45.6 Å². The van der Waals surface area contributed by atoms with Gasteiger partial charge in [0.05, 0.1) is 38.5 Å². The number of ether oxygens (including phenoxy) is 4. The van der Waals surface area contributed by atoms with E-state index < -0.39 is 0 Å². The molecule has 0 saturated heterocycles. The number of ketones is 2. The minimum atomic E-state index is -0.298. The maximum absolute atomic E-state index is 13.0. The van der Waals surface area contributed by atoms with Crippen LogP contribution in [0.15, 0.2) is 40.5 Å². The van der Waals surface area contributed by atoms with E-state index in [2.05, 4.69) is 21.2 Å². The van der Waals surface area contributed by atoms with Crippen molar-refractivity contribution in [1.29, 1.82) is 0 Å². The molecule has 30 heavy (non-hydrogen) atoms. The minimum absolute atomic E-state index is 0.184. The summed E-state index contributed by atoms with van der Waals surface area (Å²) < 4.78 is 21.6. The van der Waals surface area contributed by atoms with Crippen LogP contribution in [-0.2, 0) is 6.42 Å². The van der Waals surface area contributed by atoms with E-state index in [1.165, 1.54) is 7.11 Å². The Kier molecular flexibility index (Phi) is 6.66. The van der Waals surface area contributed by atoms with E-state index in [4.69, 9.17) is 18.9 Å². The summed E-state index contributed by atoms with van der Waals surface area (Å²) in [4.78, 5) is 25.8. The molecule has 2 aromatic carbocycles. The maximum atomic E-state index is 13.0. The lowest BCUT2D eigenvalue weighted by molar-refractivity contribution is 0.0973. The van der Waals surface area contributed by atoms with Crippen molar-refractivity contribution in [2.45, 2.75) is 6.42 Å². The summed E-state index contributed by atoms with van der Waals surface area (Å²) in [5.41, 5.74) is 1.67. The normalized spacial score (nSPS) is 13.1. The van der Waals surface area contributed by atoms with Gasteiger partial charge in [0.2, 0.25) is 17.3 Å². The van der Waals surface area contributed by atoms with Crippen LogP contribution >= 0.6 is 15.9 Å². The first-order valence-electron chi connectivity index (χ1n) is 9.16. The number of hydrogen-bond donors (Lipinski definition) is 1. The summed E-state index contributed by atoms with van der Waals surface area (Å²) in [7, 11) is 6.12. The first-order chi connectivity index (χ1) is 14.5. The summed E-state index contributed by atoms with van der Waals surface area (Å²) in [6.07, 6.45) is 0.528. The van der Waals surface area contributed by atoms with Gasteiger partial charge in [-0.2, -0.15) is 0 Å². The number of carbonyl (C=O) groups excluding carboxylic acids is 2. The average molecular weight is 476 g/mol. The third-order valence-corrected chi connectivity index (χ3v) is 5.60. The largest absolute Gasteiger partial charge is 0.496 e. The first-order valence-corrected chi connectivity index (χ1v) is 9.95. The Labute approximate surface area is 183 Å². The van der Waals surface area contributed by atoms with Crippen LogP contribution in [0.1, 0.15) is 26.3 Å². The summed E-state index contributed by atoms with van der Waals surface area (Å²) >= 11 is 3.28. The molecule has 0 aliphatic heterocycles. The minimum Gasteiger partial charge on any atom is -0.496 e. The number of allylic oxidation sites excluding steroid dienone is 2. The zero-order valence-corrected chi connectivity index (χ0v) is 18.7.